The lowest BCUT2D eigenvalue weighted by atomic mass is 10.2. The lowest BCUT2D eigenvalue weighted by Crippen LogP contribution is -2.27. The number of hydrogen-bond donors (Lipinski definition) is 2. The third-order valence-corrected chi connectivity index (χ3v) is 3.59. The summed E-state index contributed by atoms with van der Waals surface area (Å²) in [6.07, 6.45) is -0.936. The maximum absolute atomic E-state index is 14.1. The smallest absolute Gasteiger partial charge is 0.414 e. The standard InChI is InChI=1S/C13H15FN4O3S/c1-8(7-22-17-20)16-12-3-2-9(4-11(12)14)18-6-10(5-15)21-13(18)19/h2-4,10,16H,1,5-7,15H2/t10-/m0/s1. The van der Waals surface area contributed by atoms with Gasteiger partial charge in [0.15, 0.2) is 0 Å². The van der Waals surface area contributed by atoms with Gasteiger partial charge in [-0.1, -0.05) is 6.58 Å². The van der Waals surface area contributed by atoms with Crippen LogP contribution in [0.4, 0.5) is 20.6 Å². The number of nitrogens with one attached hydrogen (secondary N) is 1. The second-order valence-corrected chi connectivity index (χ2v) is 5.29. The molecule has 0 unspecified atom stereocenters. The van der Waals surface area contributed by atoms with E-state index < -0.39 is 11.9 Å². The van der Waals surface area contributed by atoms with Gasteiger partial charge in [-0.3, -0.25) is 4.90 Å². The predicted octanol–water partition coefficient (Wildman–Crippen LogP) is 2.45. The van der Waals surface area contributed by atoms with Gasteiger partial charge in [-0.2, -0.15) is 0 Å². The van der Waals surface area contributed by atoms with Crippen LogP contribution in [-0.4, -0.2) is 31.0 Å². The first-order chi connectivity index (χ1) is 10.5. The summed E-state index contributed by atoms with van der Waals surface area (Å²) >= 11 is 0.772. The second kappa shape index (κ2) is 7.23. The molecule has 1 aliphatic rings. The first-order valence-electron chi connectivity index (χ1n) is 6.42. The summed E-state index contributed by atoms with van der Waals surface area (Å²) in [6.45, 7) is 4.17. The van der Waals surface area contributed by atoms with Crippen molar-refractivity contribution in [3.63, 3.8) is 0 Å². The number of hydrogen-bond acceptors (Lipinski definition) is 7. The van der Waals surface area contributed by atoms with E-state index in [1.807, 2.05) is 0 Å². The summed E-state index contributed by atoms with van der Waals surface area (Å²) in [5, 5.41) is 2.75. The molecule has 0 bridgehead atoms. The van der Waals surface area contributed by atoms with E-state index in [9.17, 15) is 14.1 Å². The van der Waals surface area contributed by atoms with Crippen molar-refractivity contribution < 1.29 is 13.9 Å². The third-order valence-electron chi connectivity index (χ3n) is 3.00. The van der Waals surface area contributed by atoms with Crippen molar-refractivity contribution in [3.05, 3.63) is 41.2 Å². The molecule has 1 aromatic rings. The van der Waals surface area contributed by atoms with Gasteiger partial charge in [0.2, 0.25) is 0 Å². The molecular formula is C13H15FN4O3S. The van der Waals surface area contributed by atoms with Crippen LogP contribution in [-0.2, 0) is 4.74 Å². The molecule has 7 nitrogen and oxygen atoms in total. The van der Waals surface area contributed by atoms with Gasteiger partial charge in [-0.15, -0.1) is 4.91 Å². The predicted molar refractivity (Wildman–Crippen MR) is 84.1 cm³/mol. The van der Waals surface area contributed by atoms with Gasteiger partial charge in [0.1, 0.15) is 11.9 Å². The number of carbonyl (C=O) groups excluding carboxylic acids is 1. The summed E-state index contributed by atoms with van der Waals surface area (Å²) in [6, 6.07) is 4.29. The van der Waals surface area contributed by atoms with Crippen molar-refractivity contribution in [2.45, 2.75) is 6.10 Å². The van der Waals surface area contributed by atoms with Crippen molar-refractivity contribution in [2.75, 3.05) is 29.1 Å². The Bertz CT molecular complexity index is 599. The molecule has 1 amide bonds. The van der Waals surface area contributed by atoms with Crippen LogP contribution in [0.3, 0.4) is 0 Å². The van der Waals surface area contributed by atoms with E-state index in [1.165, 1.54) is 17.0 Å². The summed E-state index contributed by atoms with van der Waals surface area (Å²) in [4.78, 5) is 23.0. The van der Waals surface area contributed by atoms with E-state index in [-0.39, 0.29) is 30.6 Å². The SMILES string of the molecule is C=C(CSN=O)Nc1ccc(N2C[C@H](CN)OC2=O)cc1F. The Morgan fingerprint density at radius 3 is 3.00 bits per heavy atom. The summed E-state index contributed by atoms with van der Waals surface area (Å²) in [5.41, 5.74) is 6.48. The minimum atomic E-state index is -0.549. The van der Waals surface area contributed by atoms with Crippen molar-refractivity contribution >= 4 is 29.4 Å². The fourth-order valence-corrected chi connectivity index (χ4v) is 2.24. The molecule has 0 aromatic heterocycles. The van der Waals surface area contributed by atoms with Crippen LogP contribution in [0.15, 0.2) is 35.1 Å². The van der Waals surface area contributed by atoms with Crippen molar-refractivity contribution in [1.29, 1.82) is 0 Å². The van der Waals surface area contributed by atoms with Crippen LogP contribution in [0, 0.1) is 10.7 Å². The van der Waals surface area contributed by atoms with Gasteiger partial charge in [-0.25, -0.2) is 9.18 Å². The molecule has 0 spiro atoms. The highest BCUT2D eigenvalue weighted by atomic mass is 32.2. The lowest BCUT2D eigenvalue weighted by molar-refractivity contribution is 0.145. The van der Waals surface area contributed by atoms with E-state index >= 15 is 0 Å². The molecule has 1 fully saturated rings. The van der Waals surface area contributed by atoms with E-state index in [0.717, 1.165) is 11.9 Å². The molecule has 22 heavy (non-hydrogen) atoms. The van der Waals surface area contributed by atoms with Crippen LogP contribution in [0.2, 0.25) is 0 Å². The van der Waals surface area contributed by atoms with Crippen LogP contribution in [0.1, 0.15) is 0 Å². The topological polar surface area (TPSA) is 97.0 Å². The number of benzene rings is 1. The average molecular weight is 326 g/mol. The first kappa shape index (κ1) is 16.2. The summed E-state index contributed by atoms with van der Waals surface area (Å²) < 4.78 is 21.8. The van der Waals surface area contributed by atoms with Gasteiger partial charge in [0.05, 0.1) is 23.7 Å². The van der Waals surface area contributed by atoms with Gasteiger partial charge >= 0.3 is 6.09 Å². The monoisotopic (exact) mass is 326 g/mol. The molecule has 1 aliphatic heterocycles. The Kier molecular flexibility index (Phi) is 5.34. The van der Waals surface area contributed by atoms with Gasteiger partial charge in [0.25, 0.3) is 0 Å². The maximum Gasteiger partial charge on any atom is 0.414 e. The molecule has 2 rings (SSSR count). The number of halogens is 1. The molecule has 9 heteroatoms. The zero-order valence-electron chi connectivity index (χ0n) is 11.6. The van der Waals surface area contributed by atoms with Gasteiger partial charge in [0, 0.05) is 28.8 Å². The fraction of sp³-hybridized carbons (Fsp3) is 0.308. The maximum atomic E-state index is 14.1. The highest BCUT2D eigenvalue weighted by molar-refractivity contribution is 7.98. The lowest BCUT2D eigenvalue weighted by Gasteiger charge is -2.15. The van der Waals surface area contributed by atoms with E-state index in [1.54, 1.807) is 6.07 Å². The molecule has 0 aliphatic carbocycles. The van der Waals surface area contributed by atoms with E-state index in [0.29, 0.717) is 11.4 Å². The fourth-order valence-electron chi connectivity index (χ4n) is 1.96. The molecule has 1 atom stereocenters. The zero-order valence-corrected chi connectivity index (χ0v) is 12.4. The van der Waals surface area contributed by atoms with Gasteiger partial charge in [-0.05, 0) is 18.2 Å². The quantitative estimate of drug-likeness (QED) is 0.590. The number of carbonyl (C=O) groups is 1. The molecule has 3 N–H and O–H groups in total. The highest BCUT2D eigenvalue weighted by Gasteiger charge is 2.31. The Hall–Kier alpha value is -2.13. The molecule has 1 aromatic carbocycles. The Morgan fingerprint density at radius 2 is 2.41 bits per heavy atom. The second-order valence-electron chi connectivity index (χ2n) is 4.59. The number of amides is 1. The number of rotatable bonds is 7. The number of ether oxygens (including phenoxy) is 1. The Labute approximate surface area is 130 Å². The van der Waals surface area contributed by atoms with E-state index in [4.69, 9.17) is 10.5 Å². The molecule has 1 saturated heterocycles. The van der Waals surface area contributed by atoms with Crippen molar-refractivity contribution in [2.24, 2.45) is 10.3 Å². The largest absolute Gasteiger partial charge is 0.443 e. The molecule has 1 heterocycles. The van der Waals surface area contributed by atoms with Crippen LogP contribution >= 0.6 is 11.9 Å². The highest BCUT2D eigenvalue weighted by Crippen LogP contribution is 2.26. The molecule has 0 saturated carbocycles. The summed E-state index contributed by atoms with van der Waals surface area (Å²) in [7, 11) is 0. The van der Waals surface area contributed by atoms with Crippen molar-refractivity contribution in [3.8, 4) is 0 Å². The number of nitroso groups, excluding NO2 is 1. The number of anilines is 2. The van der Waals surface area contributed by atoms with E-state index in [2.05, 4.69) is 16.5 Å². The molecular weight excluding hydrogens is 311 g/mol. The number of nitrogens with two attached hydrogens (primary N) is 1. The first-order valence-corrected chi connectivity index (χ1v) is 7.36. The molecule has 118 valence electrons. The Morgan fingerprint density at radius 1 is 1.64 bits per heavy atom. The number of cyclic esters (lactones) is 1. The van der Waals surface area contributed by atoms with Crippen LogP contribution in [0.5, 0.6) is 0 Å². The minimum absolute atomic E-state index is 0.197. The molecule has 0 radical (unpaired) electrons. The van der Waals surface area contributed by atoms with Crippen LogP contribution < -0.4 is 16.0 Å². The average Bonchev–Trinajstić information content (AvgIpc) is 2.88. The normalized spacial score (nSPS) is 17.3. The number of nitrogens with zero attached hydrogens (tertiary/aromatic N) is 2. The van der Waals surface area contributed by atoms with Crippen LogP contribution in [0.25, 0.3) is 0 Å². The summed E-state index contributed by atoms with van der Waals surface area (Å²) in [5.74, 6) is -0.312. The zero-order chi connectivity index (χ0) is 16.1. The minimum Gasteiger partial charge on any atom is -0.443 e. The Balaban J connectivity index is 2.08. The third kappa shape index (κ3) is 3.74. The van der Waals surface area contributed by atoms with Crippen molar-refractivity contribution in [1.82, 2.24) is 0 Å². The van der Waals surface area contributed by atoms with Gasteiger partial charge < -0.3 is 15.8 Å².